The van der Waals surface area contributed by atoms with E-state index in [9.17, 15) is 10.1 Å². The topological polar surface area (TPSA) is 62.9 Å². The number of rotatable bonds is 4. The number of nitriles is 1. The molecule has 156 valence electrons. The molecule has 0 aliphatic carbocycles. The van der Waals surface area contributed by atoms with Crippen molar-refractivity contribution in [3.8, 4) is 6.07 Å². The van der Waals surface area contributed by atoms with Gasteiger partial charge in [-0.25, -0.2) is 0 Å². The van der Waals surface area contributed by atoms with E-state index in [2.05, 4.69) is 28.0 Å². The van der Waals surface area contributed by atoms with Crippen molar-refractivity contribution < 1.29 is 4.79 Å². The van der Waals surface area contributed by atoms with Crippen LogP contribution in [0.15, 0.2) is 70.9 Å². The summed E-state index contributed by atoms with van der Waals surface area (Å²) in [5, 5.41) is 9.18. The Hall–Kier alpha value is -3.43. The molecule has 1 amide bonds. The molecule has 3 aliphatic rings. The van der Waals surface area contributed by atoms with Crippen LogP contribution in [0.4, 0.5) is 0 Å². The number of nitrogens with zero attached hydrogens (tertiary/aromatic N) is 5. The molecule has 6 heteroatoms. The molecule has 3 aliphatic heterocycles. The van der Waals surface area contributed by atoms with Crippen molar-refractivity contribution in [1.29, 1.82) is 5.26 Å². The van der Waals surface area contributed by atoms with Gasteiger partial charge in [0, 0.05) is 44.8 Å². The Balaban J connectivity index is 1.41. The van der Waals surface area contributed by atoms with Gasteiger partial charge in [-0.3, -0.25) is 19.6 Å². The van der Waals surface area contributed by atoms with Crippen LogP contribution in [0.3, 0.4) is 0 Å². The molecule has 0 saturated heterocycles. The Kier molecular flexibility index (Phi) is 5.27. The summed E-state index contributed by atoms with van der Waals surface area (Å²) in [4.78, 5) is 24.8. The number of carbonyl (C=O) groups is 1. The average Bonchev–Trinajstić information content (AvgIpc) is 2.82. The van der Waals surface area contributed by atoms with E-state index in [1.165, 1.54) is 0 Å². The van der Waals surface area contributed by atoms with Crippen LogP contribution in [-0.2, 0) is 17.9 Å². The zero-order valence-corrected chi connectivity index (χ0v) is 17.5. The number of benzene rings is 2. The number of hydrogen-bond acceptors (Lipinski definition) is 5. The summed E-state index contributed by atoms with van der Waals surface area (Å²) in [6.07, 6.45) is 1.86. The maximum absolute atomic E-state index is 13.6. The van der Waals surface area contributed by atoms with Crippen LogP contribution in [0.2, 0.25) is 0 Å². The van der Waals surface area contributed by atoms with Gasteiger partial charge in [-0.2, -0.15) is 5.26 Å². The molecular formula is C25H25N5O. The lowest BCUT2D eigenvalue weighted by molar-refractivity contribution is -0.125. The van der Waals surface area contributed by atoms with E-state index in [1.807, 2.05) is 47.4 Å². The molecule has 0 unspecified atom stereocenters. The quantitative estimate of drug-likeness (QED) is 0.776. The molecule has 2 aromatic rings. The average molecular weight is 412 g/mol. The van der Waals surface area contributed by atoms with E-state index in [1.54, 1.807) is 0 Å². The van der Waals surface area contributed by atoms with Crippen molar-refractivity contribution in [3.05, 3.63) is 82.6 Å². The van der Waals surface area contributed by atoms with Gasteiger partial charge in [0.25, 0.3) is 5.91 Å². The van der Waals surface area contributed by atoms with Gasteiger partial charge in [-0.1, -0.05) is 42.5 Å². The number of fused-ring (bicyclic) bond motifs is 2. The maximum atomic E-state index is 13.6. The summed E-state index contributed by atoms with van der Waals surface area (Å²) < 4.78 is 0. The zero-order valence-electron chi connectivity index (χ0n) is 17.5. The van der Waals surface area contributed by atoms with Crippen LogP contribution in [0.5, 0.6) is 0 Å². The lowest BCUT2D eigenvalue weighted by atomic mass is 9.99. The normalized spacial score (nSPS) is 18.9. The summed E-state index contributed by atoms with van der Waals surface area (Å²) in [5.41, 5.74) is 4.92. The largest absolute Gasteiger partial charge is 0.315 e. The third-order valence-electron chi connectivity index (χ3n) is 6.15. The van der Waals surface area contributed by atoms with Crippen molar-refractivity contribution in [1.82, 2.24) is 14.7 Å². The van der Waals surface area contributed by atoms with Crippen LogP contribution in [0.25, 0.3) is 0 Å². The second-order valence-electron chi connectivity index (χ2n) is 8.26. The van der Waals surface area contributed by atoms with Gasteiger partial charge in [0.1, 0.15) is 0 Å². The van der Waals surface area contributed by atoms with E-state index in [0.717, 1.165) is 67.4 Å². The molecule has 6 nitrogen and oxygen atoms in total. The SMILES string of the molecule is N#Cc1cccc(CN2CCC3=C(C2)C(=O)N(Cc2ccccc2)C2=NCCCN23)c1. The first kappa shape index (κ1) is 19.5. The molecule has 0 bridgehead atoms. The molecule has 2 aromatic carbocycles. The van der Waals surface area contributed by atoms with Crippen LogP contribution in [0, 0.1) is 11.3 Å². The highest BCUT2D eigenvalue weighted by atomic mass is 16.2. The molecule has 0 radical (unpaired) electrons. The van der Waals surface area contributed by atoms with Gasteiger partial charge in [0.15, 0.2) is 0 Å². The zero-order chi connectivity index (χ0) is 21.2. The van der Waals surface area contributed by atoms with E-state index < -0.39 is 0 Å². The molecule has 0 N–H and O–H groups in total. The highest BCUT2D eigenvalue weighted by Gasteiger charge is 2.40. The molecule has 5 rings (SSSR count). The van der Waals surface area contributed by atoms with E-state index in [-0.39, 0.29) is 5.91 Å². The fraction of sp³-hybridized carbons (Fsp3) is 0.320. The summed E-state index contributed by atoms with van der Waals surface area (Å²) in [6, 6.07) is 20.1. The first-order valence-electron chi connectivity index (χ1n) is 10.8. The first-order valence-corrected chi connectivity index (χ1v) is 10.8. The fourth-order valence-corrected chi connectivity index (χ4v) is 4.67. The summed E-state index contributed by atoms with van der Waals surface area (Å²) in [5.74, 6) is 0.889. The molecule has 0 saturated carbocycles. The van der Waals surface area contributed by atoms with Crippen molar-refractivity contribution >= 4 is 11.9 Å². The van der Waals surface area contributed by atoms with E-state index >= 15 is 0 Å². The summed E-state index contributed by atoms with van der Waals surface area (Å²) in [6.45, 7) is 4.48. The van der Waals surface area contributed by atoms with Crippen LogP contribution < -0.4 is 0 Å². The van der Waals surface area contributed by atoms with Crippen molar-refractivity contribution in [2.45, 2.75) is 25.9 Å². The van der Waals surface area contributed by atoms with Crippen LogP contribution in [-0.4, -0.2) is 52.7 Å². The predicted molar refractivity (Wildman–Crippen MR) is 119 cm³/mol. The maximum Gasteiger partial charge on any atom is 0.259 e. The lowest BCUT2D eigenvalue weighted by Crippen LogP contribution is -2.56. The molecule has 3 heterocycles. The minimum Gasteiger partial charge on any atom is -0.315 e. The van der Waals surface area contributed by atoms with Gasteiger partial charge in [-0.15, -0.1) is 0 Å². The minimum absolute atomic E-state index is 0.0752. The molecular weight excluding hydrogens is 386 g/mol. The molecule has 0 aromatic heterocycles. The van der Waals surface area contributed by atoms with Gasteiger partial charge < -0.3 is 4.90 Å². The van der Waals surface area contributed by atoms with Crippen molar-refractivity contribution in [2.24, 2.45) is 4.99 Å². The van der Waals surface area contributed by atoms with Gasteiger partial charge >= 0.3 is 0 Å². The number of carbonyl (C=O) groups excluding carboxylic acids is 1. The van der Waals surface area contributed by atoms with Crippen LogP contribution >= 0.6 is 0 Å². The third-order valence-corrected chi connectivity index (χ3v) is 6.15. The summed E-state index contributed by atoms with van der Waals surface area (Å²) >= 11 is 0. The Labute approximate surface area is 182 Å². The summed E-state index contributed by atoms with van der Waals surface area (Å²) in [7, 11) is 0. The fourth-order valence-electron chi connectivity index (χ4n) is 4.67. The van der Waals surface area contributed by atoms with E-state index in [0.29, 0.717) is 18.7 Å². The van der Waals surface area contributed by atoms with Crippen molar-refractivity contribution in [2.75, 3.05) is 26.2 Å². The Bertz CT molecular complexity index is 1100. The van der Waals surface area contributed by atoms with Crippen molar-refractivity contribution in [3.63, 3.8) is 0 Å². The number of hydrogen-bond donors (Lipinski definition) is 0. The predicted octanol–water partition coefficient (Wildman–Crippen LogP) is 3.12. The number of guanidine groups is 1. The molecule has 0 fully saturated rings. The van der Waals surface area contributed by atoms with Gasteiger partial charge in [-0.05, 0) is 29.7 Å². The first-order chi connectivity index (χ1) is 15.2. The second-order valence-corrected chi connectivity index (χ2v) is 8.26. The number of aliphatic imine (C=N–C) groups is 1. The van der Waals surface area contributed by atoms with Crippen LogP contribution in [0.1, 0.15) is 29.5 Å². The lowest BCUT2D eigenvalue weighted by Gasteiger charge is -2.45. The second kappa shape index (κ2) is 8.37. The van der Waals surface area contributed by atoms with E-state index in [4.69, 9.17) is 4.99 Å². The molecule has 0 spiro atoms. The van der Waals surface area contributed by atoms with Gasteiger partial charge in [0.05, 0.1) is 23.8 Å². The third kappa shape index (κ3) is 3.85. The highest BCUT2D eigenvalue weighted by Crippen LogP contribution is 2.32. The Morgan fingerprint density at radius 2 is 1.84 bits per heavy atom. The Morgan fingerprint density at radius 1 is 1.00 bits per heavy atom. The minimum atomic E-state index is 0.0752. The molecule has 31 heavy (non-hydrogen) atoms. The smallest absolute Gasteiger partial charge is 0.259 e. The van der Waals surface area contributed by atoms with Gasteiger partial charge in [0.2, 0.25) is 5.96 Å². The highest BCUT2D eigenvalue weighted by molar-refractivity contribution is 6.09. The standard InChI is InChI=1S/C25H25N5O/c26-15-20-8-4-9-21(14-20)16-28-13-10-23-22(18-28)24(31)30(17-19-6-2-1-3-7-19)25-27-11-5-12-29(23)25/h1-4,6-9,14H,5,10-13,16-18H2. The Morgan fingerprint density at radius 3 is 2.68 bits per heavy atom. The number of amides is 1. The molecule has 0 atom stereocenters. The monoisotopic (exact) mass is 411 g/mol.